The SMILES string of the molecule is CCCc1cccc(C(N)CCOCC)c1. The Bertz CT molecular complexity index is 299. The van der Waals surface area contributed by atoms with E-state index in [1.807, 2.05) is 6.92 Å². The van der Waals surface area contributed by atoms with Gasteiger partial charge in [0.1, 0.15) is 0 Å². The zero-order chi connectivity index (χ0) is 11.8. The van der Waals surface area contributed by atoms with Gasteiger partial charge in [-0.1, -0.05) is 37.6 Å². The third-order valence-electron chi connectivity index (χ3n) is 2.70. The fourth-order valence-corrected chi connectivity index (χ4v) is 1.79. The normalized spacial score (nSPS) is 12.7. The Hall–Kier alpha value is -0.860. The summed E-state index contributed by atoms with van der Waals surface area (Å²) in [5.74, 6) is 0. The van der Waals surface area contributed by atoms with Gasteiger partial charge in [-0.3, -0.25) is 0 Å². The van der Waals surface area contributed by atoms with Crippen molar-refractivity contribution in [2.45, 2.75) is 39.2 Å². The van der Waals surface area contributed by atoms with E-state index in [0.717, 1.165) is 26.1 Å². The molecule has 0 aliphatic heterocycles. The summed E-state index contributed by atoms with van der Waals surface area (Å²) in [6.07, 6.45) is 3.20. The van der Waals surface area contributed by atoms with Crippen LogP contribution in [0.1, 0.15) is 43.9 Å². The number of benzene rings is 1. The Labute approximate surface area is 98.8 Å². The predicted octanol–water partition coefficient (Wildman–Crippen LogP) is 3.07. The molecule has 0 saturated carbocycles. The molecule has 1 atom stereocenters. The van der Waals surface area contributed by atoms with Gasteiger partial charge < -0.3 is 10.5 Å². The van der Waals surface area contributed by atoms with Crippen LogP contribution in [0.15, 0.2) is 24.3 Å². The van der Waals surface area contributed by atoms with Crippen LogP contribution in [-0.4, -0.2) is 13.2 Å². The molecule has 16 heavy (non-hydrogen) atoms. The Balaban J connectivity index is 2.53. The molecule has 2 heteroatoms. The van der Waals surface area contributed by atoms with E-state index in [1.54, 1.807) is 0 Å². The summed E-state index contributed by atoms with van der Waals surface area (Å²) < 4.78 is 5.32. The minimum atomic E-state index is 0.100. The molecule has 0 aliphatic rings. The summed E-state index contributed by atoms with van der Waals surface area (Å²) in [7, 11) is 0. The van der Waals surface area contributed by atoms with Crippen LogP contribution in [0.3, 0.4) is 0 Å². The molecule has 0 saturated heterocycles. The zero-order valence-corrected chi connectivity index (χ0v) is 10.4. The number of aryl methyl sites for hydroxylation is 1. The van der Waals surface area contributed by atoms with Gasteiger partial charge in [-0.25, -0.2) is 0 Å². The average molecular weight is 221 g/mol. The van der Waals surface area contributed by atoms with E-state index in [1.165, 1.54) is 17.5 Å². The molecule has 0 amide bonds. The average Bonchev–Trinajstić information content (AvgIpc) is 2.30. The zero-order valence-electron chi connectivity index (χ0n) is 10.4. The van der Waals surface area contributed by atoms with Crippen molar-refractivity contribution in [2.75, 3.05) is 13.2 Å². The van der Waals surface area contributed by atoms with Crippen molar-refractivity contribution in [3.8, 4) is 0 Å². The van der Waals surface area contributed by atoms with Gasteiger partial charge in [0.15, 0.2) is 0 Å². The highest BCUT2D eigenvalue weighted by Gasteiger charge is 2.06. The fraction of sp³-hybridized carbons (Fsp3) is 0.571. The van der Waals surface area contributed by atoms with E-state index in [0.29, 0.717) is 0 Å². The van der Waals surface area contributed by atoms with Crippen molar-refractivity contribution in [1.82, 2.24) is 0 Å². The van der Waals surface area contributed by atoms with E-state index in [2.05, 4.69) is 31.2 Å². The van der Waals surface area contributed by atoms with Crippen LogP contribution < -0.4 is 5.73 Å². The maximum absolute atomic E-state index is 6.12. The lowest BCUT2D eigenvalue weighted by Crippen LogP contribution is -2.13. The molecule has 0 heterocycles. The van der Waals surface area contributed by atoms with Crippen LogP contribution in [0.25, 0.3) is 0 Å². The van der Waals surface area contributed by atoms with Gasteiger partial charge in [-0.05, 0) is 30.9 Å². The molecule has 1 rings (SSSR count). The van der Waals surface area contributed by atoms with Crippen molar-refractivity contribution in [3.05, 3.63) is 35.4 Å². The highest BCUT2D eigenvalue weighted by atomic mass is 16.5. The lowest BCUT2D eigenvalue weighted by Gasteiger charge is -2.13. The van der Waals surface area contributed by atoms with Gasteiger partial charge in [0.2, 0.25) is 0 Å². The van der Waals surface area contributed by atoms with Gasteiger partial charge in [0, 0.05) is 19.3 Å². The molecule has 0 fully saturated rings. The molecule has 90 valence electrons. The van der Waals surface area contributed by atoms with Crippen LogP contribution in [0, 0.1) is 0 Å². The first-order valence-electron chi connectivity index (χ1n) is 6.20. The third-order valence-corrected chi connectivity index (χ3v) is 2.70. The predicted molar refractivity (Wildman–Crippen MR) is 68.5 cm³/mol. The summed E-state index contributed by atoms with van der Waals surface area (Å²) >= 11 is 0. The second-order valence-corrected chi connectivity index (χ2v) is 4.09. The monoisotopic (exact) mass is 221 g/mol. The molecule has 0 bridgehead atoms. The van der Waals surface area contributed by atoms with E-state index in [4.69, 9.17) is 10.5 Å². The van der Waals surface area contributed by atoms with Gasteiger partial charge in [-0.2, -0.15) is 0 Å². The largest absolute Gasteiger partial charge is 0.382 e. The molecule has 0 aliphatic carbocycles. The Morgan fingerprint density at radius 2 is 2.12 bits per heavy atom. The van der Waals surface area contributed by atoms with Crippen molar-refractivity contribution in [2.24, 2.45) is 5.73 Å². The van der Waals surface area contributed by atoms with Gasteiger partial charge in [0.05, 0.1) is 0 Å². The van der Waals surface area contributed by atoms with Gasteiger partial charge in [-0.15, -0.1) is 0 Å². The Morgan fingerprint density at radius 3 is 2.81 bits per heavy atom. The number of hydrogen-bond acceptors (Lipinski definition) is 2. The van der Waals surface area contributed by atoms with E-state index in [9.17, 15) is 0 Å². The molecular formula is C14H23NO. The van der Waals surface area contributed by atoms with Crippen LogP contribution in [0.5, 0.6) is 0 Å². The minimum Gasteiger partial charge on any atom is -0.382 e. The minimum absolute atomic E-state index is 0.100. The third kappa shape index (κ3) is 4.33. The van der Waals surface area contributed by atoms with Crippen molar-refractivity contribution >= 4 is 0 Å². The molecule has 1 aromatic rings. The molecule has 2 N–H and O–H groups in total. The first kappa shape index (κ1) is 13.2. The van der Waals surface area contributed by atoms with Crippen LogP contribution in [-0.2, 0) is 11.2 Å². The summed E-state index contributed by atoms with van der Waals surface area (Å²) in [5, 5.41) is 0. The van der Waals surface area contributed by atoms with E-state index >= 15 is 0 Å². The molecule has 2 nitrogen and oxygen atoms in total. The second-order valence-electron chi connectivity index (χ2n) is 4.09. The smallest absolute Gasteiger partial charge is 0.0483 e. The Kier molecular flexibility index (Phi) is 6.12. The standard InChI is InChI=1S/C14H23NO/c1-3-6-12-7-5-8-13(11-12)14(15)9-10-16-4-2/h5,7-8,11,14H,3-4,6,9-10,15H2,1-2H3. The highest BCUT2D eigenvalue weighted by Crippen LogP contribution is 2.16. The van der Waals surface area contributed by atoms with Crippen LogP contribution in [0.2, 0.25) is 0 Å². The molecule has 1 unspecified atom stereocenters. The van der Waals surface area contributed by atoms with Crippen molar-refractivity contribution in [1.29, 1.82) is 0 Å². The molecule has 1 aromatic carbocycles. The van der Waals surface area contributed by atoms with Crippen molar-refractivity contribution < 1.29 is 4.74 Å². The topological polar surface area (TPSA) is 35.2 Å². The number of ether oxygens (including phenoxy) is 1. The number of rotatable bonds is 7. The fourth-order valence-electron chi connectivity index (χ4n) is 1.79. The van der Waals surface area contributed by atoms with Gasteiger partial charge in [0.25, 0.3) is 0 Å². The van der Waals surface area contributed by atoms with E-state index in [-0.39, 0.29) is 6.04 Å². The maximum atomic E-state index is 6.12. The molecular weight excluding hydrogens is 198 g/mol. The van der Waals surface area contributed by atoms with Crippen LogP contribution in [0.4, 0.5) is 0 Å². The summed E-state index contributed by atoms with van der Waals surface area (Å²) in [6, 6.07) is 8.70. The quantitative estimate of drug-likeness (QED) is 0.718. The summed E-state index contributed by atoms with van der Waals surface area (Å²) in [4.78, 5) is 0. The van der Waals surface area contributed by atoms with Gasteiger partial charge >= 0.3 is 0 Å². The van der Waals surface area contributed by atoms with Crippen molar-refractivity contribution in [3.63, 3.8) is 0 Å². The Morgan fingerprint density at radius 1 is 1.31 bits per heavy atom. The molecule has 0 radical (unpaired) electrons. The lowest BCUT2D eigenvalue weighted by molar-refractivity contribution is 0.140. The maximum Gasteiger partial charge on any atom is 0.0483 e. The molecule has 0 aromatic heterocycles. The highest BCUT2D eigenvalue weighted by molar-refractivity contribution is 5.25. The van der Waals surface area contributed by atoms with E-state index < -0.39 is 0 Å². The molecule has 0 spiro atoms. The first-order chi connectivity index (χ1) is 7.77. The second kappa shape index (κ2) is 7.42. The summed E-state index contributed by atoms with van der Waals surface area (Å²) in [5.41, 5.74) is 8.73. The van der Waals surface area contributed by atoms with Crippen LogP contribution >= 0.6 is 0 Å². The summed E-state index contributed by atoms with van der Waals surface area (Å²) in [6.45, 7) is 5.72. The number of nitrogens with two attached hydrogens (primary N) is 1. The lowest BCUT2D eigenvalue weighted by atomic mass is 10.0. The first-order valence-corrected chi connectivity index (χ1v) is 6.20. The number of hydrogen-bond donors (Lipinski definition) is 1.